The molecule has 0 unspecified atom stereocenters. The van der Waals surface area contributed by atoms with Crippen LogP contribution in [0.3, 0.4) is 0 Å². The molecule has 1 aromatic carbocycles. The van der Waals surface area contributed by atoms with Crippen LogP contribution < -0.4 is 4.90 Å². The average Bonchev–Trinajstić information content (AvgIpc) is 2.52. The van der Waals surface area contributed by atoms with Gasteiger partial charge in [0.25, 0.3) is 0 Å². The first kappa shape index (κ1) is 15.6. The SMILES string of the molecule is Fc1cc(CN2CCN(c3ncncc3Cl)CC2)ccc1Br. The lowest BCUT2D eigenvalue weighted by molar-refractivity contribution is 0.249. The van der Waals surface area contributed by atoms with Crippen molar-refractivity contribution in [2.24, 2.45) is 0 Å². The van der Waals surface area contributed by atoms with Gasteiger partial charge < -0.3 is 4.90 Å². The zero-order chi connectivity index (χ0) is 15.5. The second-order valence-electron chi connectivity index (χ2n) is 5.21. The first-order chi connectivity index (χ1) is 10.6. The predicted octanol–water partition coefficient (Wildman–Crippen LogP) is 3.35. The van der Waals surface area contributed by atoms with Crippen molar-refractivity contribution < 1.29 is 4.39 Å². The third-order valence-electron chi connectivity index (χ3n) is 3.71. The van der Waals surface area contributed by atoms with Crippen LogP contribution in [-0.4, -0.2) is 41.0 Å². The number of anilines is 1. The highest BCUT2D eigenvalue weighted by atomic mass is 79.9. The van der Waals surface area contributed by atoms with E-state index in [1.54, 1.807) is 18.3 Å². The molecule has 0 aliphatic carbocycles. The van der Waals surface area contributed by atoms with Crippen molar-refractivity contribution in [2.75, 3.05) is 31.1 Å². The Balaban J connectivity index is 1.60. The number of rotatable bonds is 3. The van der Waals surface area contributed by atoms with Crippen LogP contribution in [0.2, 0.25) is 5.02 Å². The van der Waals surface area contributed by atoms with E-state index >= 15 is 0 Å². The molecule has 7 heteroatoms. The smallest absolute Gasteiger partial charge is 0.150 e. The Morgan fingerprint density at radius 1 is 1.23 bits per heavy atom. The Labute approximate surface area is 142 Å². The fraction of sp³-hybridized carbons (Fsp3) is 0.333. The van der Waals surface area contributed by atoms with E-state index in [2.05, 4.69) is 35.7 Å². The molecule has 3 rings (SSSR count). The number of benzene rings is 1. The molecule has 1 fully saturated rings. The Morgan fingerprint density at radius 2 is 2.00 bits per heavy atom. The lowest BCUT2D eigenvalue weighted by Crippen LogP contribution is -2.46. The minimum absolute atomic E-state index is 0.219. The molecule has 0 radical (unpaired) electrons. The summed E-state index contributed by atoms with van der Waals surface area (Å²) >= 11 is 9.30. The molecule has 2 aromatic rings. The summed E-state index contributed by atoms with van der Waals surface area (Å²) in [5.74, 6) is 0.565. The van der Waals surface area contributed by atoms with Crippen molar-refractivity contribution in [3.8, 4) is 0 Å². The summed E-state index contributed by atoms with van der Waals surface area (Å²) < 4.78 is 14.1. The molecule has 2 heterocycles. The van der Waals surface area contributed by atoms with Crippen molar-refractivity contribution in [3.05, 3.63) is 51.6 Å². The van der Waals surface area contributed by atoms with Gasteiger partial charge in [-0.15, -0.1) is 0 Å². The molecule has 116 valence electrons. The van der Waals surface area contributed by atoms with Crippen molar-refractivity contribution in [2.45, 2.75) is 6.54 Å². The summed E-state index contributed by atoms with van der Waals surface area (Å²) in [5.41, 5.74) is 0.981. The molecular weight excluding hydrogens is 371 g/mol. The number of hydrogen-bond donors (Lipinski definition) is 0. The molecular formula is C15H15BrClFN4. The number of halogens is 3. The quantitative estimate of drug-likeness (QED) is 0.811. The van der Waals surface area contributed by atoms with E-state index in [4.69, 9.17) is 11.6 Å². The van der Waals surface area contributed by atoms with Gasteiger partial charge in [0.2, 0.25) is 0 Å². The van der Waals surface area contributed by atoms with E-state index < -0.39 is 0 Å². The summed E-state index contributed by atoms with van der Waals surface area (Å²) in [6.45, 7) is 4.21. The third-order valence-corrected chi connectivity index (χ3v) is 4.62. The van der Waals surface area contributed by atoms with E-state index in [-0.39, 0.29) is 5.82 Å². The molecule has 0 bridgehead atoms. The number of piperazine rings is 1. The molecule has 4 nitrogen and oxygen atoms in total. The molecule has 0 N–H and O–H groups in total. The van der Waals surface area contributed by atoms with E-state index in [1.165, 1.54) is 6.33 Å². The molecule has 1 aromatic heterocycles. The van der Waals surface area contributed by atoms with Crippen LogP contribution in [0.4, 0.5) is 10.2 Å². The molecule has 1 saturated heterocycles. The van der Waals surface area contributed by atoms with Crippen LogP contribution in [0.5, 0.6) is 0 Å². The van der Waals surface area contributed by atoms with E-state index in [9.17, 15) is 4.39 Å². The maximum Gasteiger partial charge on any atom is 0.150 e. The van der Waals surface area contributed by atoms with Gasteiger partial charge in [-0.25, -0.2) is 14.4 Å². The molecule has 1 aliphatic heterocycles. The van der Waals surface area contributed by atoms with E-state index in [0.29, 0.717) is 9.50 Å². The topological polar surface area (TPSA) is 32.3 Å². The summed E-state index contributed by atoms with van der Waals surface area (Å²) in [6.07, 6.45) is 3.12. The van der Waals surface area contributed by atoms with Gasteiger partial charge in [0.1, 0.15) is 17.2 Å². The van der Waals surface area contributed by atoms with Crippen LogP contribution in [0.25, 0.3) is 0 Å². The summed E-state index contributed by atoms with van der Waals surface area (Å²) in [5, 5.41) is 0.575. The second-order valence-corrected chi connectivity index (χ2v) is 6.47. The van der Waals surface area contributed by atoms with Gasteiger partial charge in [0, 0.05) is 32.7 Å². The molecule has 22 heavy (non-hydrogen) atoms. The minimum atomic E-state index is -0.219. The van der Waals surface area contributed by atoms with E-state index in [0.717, 1.165) is 44.1 Å². The fourth-order valence-electron chi connectivity index (χ4n) is 2.55. The van der Waals surface area contributed by atoms with Crippen LogP contribution >= 0.6 is 27.5 Å². The van der Waals surface area contributed by atoms with Gasteiger partial charge in [-0.1, -0.05) is 17.7 Å². The summed E-state index contributed by atoms with van der Waals surface area (Å²) in [6, 6.07) is 5.28. The van der Waals surface area contributed by atoms with Gasteiger partial charge in [0.15, 0.2) is 5.82 Å². The highest BCUT2D eigenvalue weighted by Gasteiger charge is 2.20. The summed E-state index contributed by atoms with van der Waals surface area (Å²) in [4.78, 5) is 12.6. The van der Waals surface area contributed by atoms with Crippen molar-refractivity contribution in [1.29, 1.82) is 0 Å². The maximum atomic E-state index is 13.6. The van der Waals surface area contributed by atoms with Crippen LogP contribution in [-0.2, 0) is 6.54 Å². The van der Waals surface area contributed by atoms with Gasteiger partial charge in [0.05, 0.1) is 10.7 Å². The molecule has 1 aliphatic rings. The van der Waals surface area contributed by atoms with Crippen LogP contribution in [0.1, 0.15) is 5.56 Å². The standard InChI is InChI=1S/C15H15BrClFN4/c16-12-2-1-11(7-14(12)18)9-21-3-5-22(6-4-21)15-13(17)8-19-10-20-15/h1-2,7-8,10H,3-6,9H2. The molecule has 0 saturated carbocycles. The van der Waals surface area contributed by atoms with Crippen molar-refractivity contribution in [3.63, 3.8) is 0 Å². The highest BCUT2D eigenvalue weighted by Crippen LogP contribution is 2.23. The number of hydrogen-bond acceptors (Lipinski definition) is 4. The maximum absolute atomic E-state index is 13.6. The molecule has 0 amide bonds. The zero-order valence-corrected chi connectivity index (χ0v) is 14.2. The molecule has 0 atom stereocenters. The Kier molecular flexibility index (Phi) is 4.90. The van der Waals surface area contributed by atoms with E-state index in [1.807, 2.05) is 6.07 Å². The Morgan fingerprint density at radius 3 is 2.68 bits per heavy atom. The fourth-order valence-corrected chi connectivity index (χ4v) is 3.02. The largest absolute Gasteiger partial charge is 0.353 e. The van der Waals surface area contributed by atoms with Gasteiger partial charge in [-0.05, 0) is 33.6 Å². The highest BCUT2D eigenvalue weighted by molar-refractivity contribution is 9.10. The monoisotopic (exact) mass is 384 g/mol. The number of aromatic nitrogens is 2. The summed E-state index contributed by atoms with van der Waals surface area (Å²) in [7, 11) is 0. The first-order valence-corrected chi connectivity index (χ1v) is 8.17. The van der Waals surface area contributed by atoms with Crippen LogP contribution in [0, 0.1) is 5.82 Å². The Bertz CT molecular complexity index is 662. The molecule has 0 spiro atoms. The third kappa shape index (κ3) is 3.56. The minimum Gasteiger partial charge on any atom is -0.353 e. The predicted molar refractivity (Wildman–Crippen MR) is 88.6 cm³/mol. The Hall–Kier alpha value is -1.24. The van der Waals surface area contributed by atoms with Crippen LogP contribution in [0.15, 0.2) is 35.2 Å². The van der Waals surface area contributed by atoms with Crippen molar-refractivity contribution in [1.82, 2.24) is 14.9 Å². The number of nitrogens with zero attached hydrogens (tertiary/aromatic N) is 4. The average molecular weight is 386 g/mol. The normalized spacial score (nSPS) is 16.0. The van der Waals surface area contributed by atoms with Gasteiger partial charge in [-0.3, -0.25) is 4.90 Å². The first-order valence-electron chi connectivity index (χ1n) is 7.00. The second kappa shape index (κ2) is 6.89. The van der Waals surface area contributed by atoms with Crippen molar-refractivity contribution >= 4 is 33.3 Å². The lowest BCUT2D eigenvalue weighted by Gasteiger charge is -2.35. The zero-order valence-electron chi connectivity index (χ0n) is 11.8. The van der Waals surface area contributed by atoms with Gasteiger partial charge in [-0.2, -0.15) is 0 Å². The lowest BCUT2D eigenvalue weighted by atomic mass is 10.2. The van der Waals surface area contributed by atoms with Gasteiger partial charge >= 0.3 is 0 Å².